The van der Waals surface area contributed by atoms with Crippen molar-refractivity contribution in [2.75, 3.05) is 26.2 Å². The van der Waals surface area contributed by atoms with E-state index in [1.807, 2.05) is 4.90 Å². The Morgan fingerprint density at radius 3 is 2.50 bits per heavy atom. The van der Waals surface area contributed by atoms with Gasteiger partial charge < -0.3 is 4.90 Å². The zero-order chi connectivity index (χ0) is 15.9. The molecule has 7 nitrogen and oxygen atoms in total. The van der Waals surface area contributed by atoms with Crippen LogP contribution in [0.3, 0.4) is 0 Å². The zero-order valence-corrected chi connectivity index (χ0v) is 13.8. The van der Waals surface area contributed by atoms with Crippen molar-refractivity contribution in [1.29, 1.82) is 0 Å². The normalized spacial score (nSPS) is 20.9. The summed E-state index contributed by atoms with van der Waals surface area (Å²) >= 11 is 0. The van der Waals surface area contributed by atoms with Crippen LogP contribution in [-0.4, -0.2) is 59.9 Å². The summed E-state index contributed by atoms with van der Waals surface area (Å²) in [5.41, 5.74) is 1.06. The fraction of sp³-hybridized carbons (Fsp3) is 0.714. The second-order valence-corrected chi connectivity index (χ2v) is 8.00. The molecular formula is C14H22N4O3S. The second kappa shape index (κ2) is 5.66. The van der Waals surface area contributed by atoms with Crippen molar-refractivity contribution >= 4 is 15.9 Å². The molecule has 0 aromatic carbocycles. The first kappa shape index (κ1) is 15.5. The van der Waals surface area contributed by atoms with Crippen LogP contribution in [0.5, 0.6) is 0 Å². The molecule has 1 amide bonds. The number of amides is 1. The maximum absolute atomic E-state index is 12.8. The van der Waals surface area contributed by atoms with Gasteiger partial charge in [-0.15, -0.1) is 0 Å². The topological polar surface area (TPSA) is 86.4 Å². The molecule has 0 radical (unpaired) electrons. The molecule has 2 fully saturated rings. The van der Waals surface area contributed by atoms with E-state index >= 15 is 0 Å². The number of H-pyrrole nitrogens is 1. The number of hydrogen-bond donors (Lipinski definition) is 1. The molecule has 1 aliphatic heterocycles. The molecule has 122 valence electrons. The van der Waals surface area contributed by atoms with Crippen LogP contribution in [0.4, 0.5) is 0 Å². The van der Waals surface area contributed by atoms with Crippen molar-refractivity contribution in [1.82, 2.24) is 19.4 Å². The number of nitrogens with zero attached hydrogens (tertiary/aromatic N) is 3. The lowest BCUT2D eigenvalue weighted by atomic mass is 10.3. The monoisotopic (exact) mass is 326 g/mol. The van der Waals surface area contributed by atoms with Gasteiger partial charge in [0, 0.05) is 32.1 Å². The van der Waals surface area contributed by atoms with Crippen LogP contribution in [0.1, 0.15) is 30.7 Å². The molecule has 22 heavy (non-hydrogen) atoms. The van der Waals surface area contributed by atoms with E-state index in [1.165, 1.54) is 4.31 Å². The number of sulfonamides is 1. The maximum atomic E-state index is 12.8. The summed E-state index contributed by atoms with van der Waals surface area (Å²) in [6, 6.07) is 0. The molecule has 1 aromatic rings. The van der Waals surface area contributed by atoms with E-state index in [9.17, 15) is 13.2 Å². The summed E-state index contributed by atoms with van der Waals surface area (Å²) in [4.78, 5) is 14.2. The van der Waals surface area contributed by atoms with Crippen molar-refractivity contribution in [3.8, 4) is 0 Å². The molecule has 3 rings (SSSR count). The lowest BCUT2D eigenvalue weighted by Gasteiger charge is -2.22. The predicted octanol–water partition coefficient (Wildman–Crippen LogP) is 0.660. The van der Waals surface area contributed by atoms with Gasteiger partial charge in [-0.25, -0.2) is 8.42 Å². The molecule has 0 bridgehead atoms. The van der Waals surface area contributed by atoms with Crippen LogP contribution in [0.15, 0.2) is 4.90 Å². The van der Waals surface area contributed by atoms with Crippen molar-refractivity contribution in [3.63, 3.8) is 0 Å². The largest absolute Gasteiger partial charge is 0.341 e. The minimum absolute atomic E-state index is 0.182. The summed E-state index contributed by atoms with van der Waals surface area (Å²) in [5.74, 6) is 0.372. The molecule has 2 aliphatic rings. The summed E-state index contributed by atoms with van der Waals surface area (Å²) in [7, 11) is -3.56. The molecule has 8 heteroatoms. The number of aryl methyl sites for hydroxylation is 2. The first-order valence-corrected chi connectivity index (χ1v) is 9.16. The molecular weight excluding hydrogens is 304 g/mol. The van der Waals surface area contributed by atoms with Gasteiger partial charge in [0.15, 0.2) is 0 Å². The number of nitrogens with one attached hydrogen (secondary N) is 1. The van der Waals surface area contributed by atoms with Gasteiger partial charge in [0.05, 0.1) is 11.4 Å². The molecule has 2 heterocycles. The number of aromatic nitrogens is 2. The smallest absolute Gasteiger partial charge is 0.246 e. The van der Waals surface area contributed by atoms with Gasteiger partial charge in [-0.2, -0.15) is 9.40 Å². The second-order valence-electron chi connectivity index (χ2n) is 6.12. The molecule has 0 atom stereocenters. The van der Waals surface area contributed by atoms with E-state index < -0.39 is 10.0 Å². The fourth-order valence-electron chi connectivity index (χ4n) is 2.99. The number of hydrogen-bond acceptors (Lipinski definition) is 4. The van der Waals surface area contributed by atoms with Gasteiger partial charge >= 0.3 is 0 Å². The average Bonchev–Trinajstić information content (AvgIpc) is 3.27. The van der Waals surface area contributed by atoms with Crippen molar-refractivity contribution in [2.24, 2.45) is 5.92 Å². The van der Waals surface area contributed by atoms with E-state index in [1.54, 1.807) is 13.8 Å². The SMILES string of the molecule is Cc1n[nH]c(C)c1S(=O)(=O)N1CCCN(C(=O)C2CC2)CC1. The van der Waals surface area contributed by atoms with Crippen LogP contribution in [-0.2, 0) is 14.8 Å². The lowest BCUT2D eigenvalue weighted by molar-refractivity contribution is -0.132. The molecule has 0 spiro atoms. The van der Waals surface area contributed by atoms with E-state index in [2.05, 4.69) is 10.2 Å². The van der Waals surface area contributed by atoms with Gasteiger partial charge in [0.1, 0.15) is 4.90 Å². The van der Waals surface area contributed by atoms with Crippen LogP contribution in [0.2, 0.25) is 0 Å². The molecule has 1 aromatic heterocycles. The Balaban J connectivity index is 1.76. The maximum Gasteiger partial charge on any atom is 0.246 e. The first-order valence-electron chi connectivity index (χ1n) is 7.72. The standard InChI is InChI=1S/C14H22N4O3S/c1-10-13(11(2)16-15-10)22(20,21)18-7-3-6-17(8-9-18)14(19)12-4-5-12/h12H,3-9H2,1-2H3,(H,15,16). The highest BCUT2D eigenvalue weighted by molar-refractivity contribution is 7.89. The molecule has 1 saturated carbocycles. The Hall–Kier alpha value is -1.41. The molecule has 1 aliphatic carbocycles. The lowest BCUT2D eigenvalue weighted by Crippen LogP contribution is -2.38. The van der Waals surface area contributed by atoms with E-state index in [-0.39, 0.29) is 16.7 Å². The molecule has 1 N–H and O–H groups in total. The highest BCUT2D eigenvalue weighted by atomic mass is 32.2. The van der Waals surface area contributed by atoms with Gasteiger partial charge in [-0.05, 0) is 33.1 Å². The summed E-state index contributed by atoms with van der Waals surface area (Å²) in [5, 5.41) is 6.71. The Morgan fingerprint density at radius 2 is 1.91 bits per heavy atom. The highest BCUT2D eigenvalue weighted by Crippen LogP contribution is 2.31. The summed E-state index contributed by atoms with van der Waals surface area (Å²) in [6.07, 6.45) is 2.63. The van der Waals surface area contributed by atoms with Crippen LogP contribution < -0.4 is 0 Å². The third-order valence-corrected chi connectivity index (χ3v) is 6.51. The first-order chi connectivity index (χ1) is 10.4. The third-order valence-electron chi connectivity index (χ3n) is 4.35. The van der Waals surface area contributed by atoms with Crippen LogP contribution in [0, 0.1) is 19.8 Å². The predicted molar refractivity (Wildman–Crippen MR) is 80.7 cm³/mol. The molecule has 1 saturated heterocycles. The number of rotatable bonds is 3. The quantitative estimate of drug-likeness (QED) is 0.884. The van der Waals surface area contributed by atoms with Crippen LogP contribution in [0.25, 0.3) is 0 Å². The summed E-state index contributed by atoms with van der Waals surface area (Å²) in [6.45, 7) is 5.33. The minimum Gasteiger partial charge on any atom is -0.341 e. The van der Waals surface area contributed by atoms with E-state index in [0.717, 1.165) is 12.8 Å². The van der Waals surface area contributed by atoms with Gasteiger partial charge in [0.2, 0.25) is 15.9 Å². The zero-order valence-electron chi connectivity index (χ0n) is 13.0. The Kier molecular flexibility index (Phi) is 3.98. The van der Waals surface area contributed by atoms with Crippen molar-refractivity contribution in [2.45, 2.75) is 38.0 Å². The van der Waals surface area contributed by atoms with E-state index in [0.29, 0.717) is 44.0 Å². The van der Waals surface area contributed by atoms with Crippen molar-refractivity contribution in [3.05, 3.63) is 11.4 Å². The third kappa shape index (κ3) is 2.77. The van der Waals surface area contributed by atoms with Gasteiger partial charge in [0.25, 0.3) is 0 Å². The average molecular weight is 326 g/mol. The fourth-order valence-corrected chi connectivity index (χ4v) is 4.79. The van der Waals surface area contributed by atoms with Gasteiger partial charge in [-0.1, -0.05) is 0 Å². The highest BCUT2D eigenvalue weighted by Gasteiger charge is 2.36. The molecule has 0 unspecified atom stereocenters. The van der Waals surface area contributed by atoms with Crippen molar-refractivity contribution < 1.29 is 13.2 Å². The number of carbonyl (C=O) groups is 1. The minimum atomic E-state index is -3.56. The Labute approximate surface area is 130 Å². The van der Waals surface area contributed by atoms with E-state index in [4.69, 9.17) is 0 Å². The summed E-state index contributed by atoms with van der Waals surface area (Å²) < 4.78 is 27.1. The number of aromatic amines is 1. The Bertz CT molecular complexity index is 659. The Morgan fingerprint density at radius 1 is 1.18 bits per heavy atom. The van der Waals surface area contributed by atoms with Gasteiger partial charge in [-0.3, -0.25) is 9.89 Å². The van der Waals surface area contributed by atoms with Crippen LogP contribution >= 0.6 is 0 Å². The number of carbonyl (C=O) groups excluding carboxylic acids is 1.